The molecule has 22 heavy (non-hydrogen) atoms. The molecule has 0 aliphatic carbocycles. The summed E-state index contributed by atoms with van der Waals surface area (Å²) in [5.74, 6) is 0. The van der Waals surface area contributed by atoms with Crippen molar-refractivity contribution in [3.63, 3.8) is 0 Å². The molecule has 0 unspecified atom stereocenters. The van der Waals surface area contributed by atoms with Crippen LogP contribution in [0.25, 0.3) is 0 Å². The van der Waals surface area contributed by atoms with Crippen molar-refractivity contribution in [2.45, 2.75) is 13.5 Å². The Labute approximate surface area is 136 Å². The standard InChI is InChI=1S/C18H21ClN2O/c1-14-6-7-18(21-8-10-22-11-9-21)17(12-14)20-13-15-4-2-3-5-16(15)19/h2-7,12,20H,8-11,13H2,1H3. The summed E-state index contributed by atoms with van der Waals surface area (Å²) in [6.45, 7) is 6.29. The molecule has 0 bridgehead atoms. The van der Waals surface area contributed by atoms with Gasteiger partial charge in [-0.05, 0) is 36.2 Å². The van der Waals surface area contributed by atoms with Gasteiger partial charge in [-0.15, -0.1) is 0 Å². The molecule has 116 valence electrons. The largest absolute Gasteiger partial charge is 0.379 e. The van der Waals surface area contributed by atoms with Crippen molar-refractivity contribution in [2.75, 3.05) is 36.5 Å². The number of nitrogens with zero attached hydrogens (tertiary/aromatic N) is 1. The van der Waals surface area contributed by atoms with Gasteiger partial charge in [0.15, 0.2) is 0 Å². The minimum Gasteiger partial charge on any atom is -0.379 e. The van der Waals surface area contributed by atoms with Gasteiger partial charge in [-0.25, -0.2) is 0 Å². The number of rotatable bonds is 4. The van der Waals surface area contributed by atoms with Gasteiger partial charge in [-0.2, -0.15) is 0 Å². The van der Waals surface area contributed by atoms with Crippen molar-refractivity contribution in [3.05, 3.63) is 58.6 Å². The lowest BCUT2D eigenvalue weighted by Gasteiger charge is -2.31. The SMILES string of the molecule is Cc1ccc(N2CCOCC2)c(NCc2ccccc2Cl)c1. The van der Waals surface area contributed by atoms with E-state index in [2.05, 4.69) is 41.4 Å². The summed E-state index contributed by atoms with van der Waals surface area (Å²) in [4.78, 5) is 2.37. The van der Waals surface area contributed by atoms with E-state index < -0.39 is 0 Å². The number of hydrogen-bond donors (Lipinski definition) is 1. The van der Waals surface area contributed by atoms with Crippen molar-refractivity contribution in [2.24, 2.45) is 0 Å². The molecule has 1 aliphatic rings. The van der Waals surface area contributed by atoms with Crippen molar-refractivity contribution in [1.82, 2.24) is 0 Å². The second-order valence-corrected chi connectivity index (χ2v) is 5.97. The third-order valence-electron chi connectivity index (χ3n) is 3.93. The molecule has 0 aromatic heterocycles. The Morgan fingerprint density at radius 1 is 1.14 bits per heavy atom. The van der Waals surface area contributed by atoms with Gasteiger partial charge >= 0.3 is 0 Å². The maximum Gasteiger partial charge on any atom is 0.0642 e. The number of morpholine rings is 1. The van der Waals surface area contributed by atoms with Gasteiger partial charge in [0, 0.05) is 24.7 Å². The Hall–Kier alpha value is -1.71. The van der Waals surface area contributed by atoms with Crippen LogP contribution in [-0.2, 0) is 11.3 Å². The molecule has 2 aromatic carbocycles. The van der Waals surface area contributed by atoms with Crippen LogP contribution in [0.2, 0.25) is 5.02 Å². The molecule has 3 rings (SSSR count). The zero-order valence-corrected chi connectivity index (χ0v) is 13.6. The fourth-order valence-corrected chi connectivity index (χ4v) is 2.91. The molecule has 0 atom stereocenters. The van der Waals surface area contributed by atoms with Crippen LogP contribution in [-0.4, -0.2) is 26.3 Å². The van der Waals surface area contributed by atoms with Crippen molar-refractivity contribution in [1.29, 1.82) is 0 Å². The molecule has 1 saturated heterocycles. The first-order valence-electron chi connectivity index (χ1n) is 7.64. The second kappa shape index (κ2) is 7.03. The predicted octanol–water partition coefficient (Wildman–Crippen LogP) is 4.10. The fraction of sp³-hybridized carbons (Fsp3) is 0.333. The van der Waals surface area contributed by atoms with Crippen molar-refractivity contribution >= 4 is 23.0 Å². The molecule has 3 nitrogen and oxygen atoms in total. The Kier molecular flexibility index (Phi) is 4.86. The van der Waals surface area contributed by atoms with E-state index in [1.807, 2.05) is 18.2 Å². The average Bonchev–Trinajstić information content (AvgIpc) is 2.55. The number of nitrogens with one attached hydrogen (secondary N) is 1. The lowest BCUT2D eigenvalue weighted by atomic mass is 10.1. The molecule has 0 spiro atoms. The topological polar surface area (TPSA) is 24.5 Å². The molecule has 0 saturated carbocycles. The summed E-state index contributed by atoms with van der Waals surface area (Å²) in [5, 5.41) is 4.34. The van der Waals surface area contributed by atoms with E-state index in [-0.39, 0.29) is 0 Å². The first-order valence-corrected chi connectivity index (χ1v) is 8.02. The molecule has 2 aromatic rings. The van der Waals surface area contributed by atoms with Gasteiger partial charge in [0.1, 0.15) is 0 Å². The smallest absolute Gasteiger partial charge is 0.0642 e. The average molecular weight is 317 g/mol. The number of anilines is 2. The zero-order chi connectivity index (χ0) is 15.4. The van der Waals surface area contributed by atoms with E-state index in [4.69, 9.17) is 16.3 Å². The number of hydrogen-bond acceptors (Lipinski definition) is 3. The van der Waals surface area contributed by atoms with E-state index in [1.165, 1.54) is 11.3 Å². The Morgan fingerprint density at radius 2 is 1.91 bits per heavy atom. The van der Waals surface area contributed by atoms with Crippen LogP contribution in [0.15, 0.2) is 42.5 Å². The summed E-state index contributed by atoms with van der Waals surface area (Å²) in [6, 6.07) is 14.5. The lowest BCUT2D eigenvalue weighted by Crippen LogP contribution is -2.36. The highest BCUT2D eigenvalue weighted by atomic mass is 35.5. The minimum atomic E-state index is 0.723. The monoisotopic (exact) mass is 316 g/mol. The molecule has 1 heterocycles. The summed E-state index contributed by atoms with van der Waals surface area (Å²) in [7, 11) is 0. The number of ether oxygens (including phenoxy) is 1. The lowest BCUT2D eigenvalue weighted by molar-refractivity contribution is 0.123. The molecular weight excluding hydrogens is 296 g/mol. The highest BCUT2D eigenvalue weighted by molar-refractivity contribution is 6.31. The Morgan fingerprint density at radius 3 is 2.68 bits per heavy atom. The highest BCUT2D eigenvalue weighted by Crippen LogP contribution is 2.29. The third-order valence-corrected chi connectivity index (χ3v) is 4.30. The number of aryl methyl sites for hydroxylation is 1. The highest BCUT2D eigenvalue weighted by Gasteiger charge is 2.15. The molecule has 1 fully saturated rings. The summed E-state index contributed by atoms with van der Waals surface area (Å²) in [5.41, 5.74) is 4.75. The molecule has 1 aliphatic heterocycles. The predicted molar refractivity (Wildman–Crippen MR) is 93.0 cm³/mol. The molecule has 1 N–H and O–H groups in total. The zero-order valence-electron chi connectivity index (χ0n) is 12.8. The molecule has 0 radical (unpaired) electrons. The van der Waals surface area contributed by atoms with Gasteiger partial charge in [0.2, 0.25) is 0 Å². The third kappa shape index (κ3) is 3.54. The summed E-state index contributed by atoms with van der Waals surface area (Å²) in [6.07, 6.45) is 0. The van der Waals surface area contributed by atoms with E-state index >= 15 is 0 Å². The Balaban J connectivity index is 1.79. The van der Waals surface area contributed by atoms with Crippen LogP contribution in [0.5, 0.6) is 0 Å². The quantitative estimate of drug-likeness (QED) is 0.919. The minimum absolute atomic E-state index is 0.723. The van der Waals surface area contributed by atoms with E-state index in [1.54, 1.807) is 0 Å². The van der Waals surface area contributed by atoms with Gasteiger partial charge in [0.05, 0.1) is 24.6 Å². The van der Waals surface area contributed by atoms with Crippen molar-refractivity contribution in [3.8, 4) is 0 Å². The van der Waals surface area contributed by atoms with Crippen molar-refractivity contribution < 1.29 is 4.74 Å². The van der Waals surface area contributed by atoms with E-state index in [0.717, 1.165) is 49.1 Å². The van der Waals surface area contributed by atoms with E-state index in [0.29, 0.717) is 0 Å². The molecule has 4 heteroatoms. The number of halogens is 1. The second-order valence-electron chi connectivity index (χ2n) is 5.56. The van der Waals surface area contributed by atoms with E-state index in [9.17, 15) is 0 Å². The van der Waals surface area contributed by atoms with Gasteiger partial charge < -0.3 is 15.0 Å². The maximum atomic E-state index is 6.24. The van der Waals surface area contributed by atoms with Crippen LogP contribution in [0.4, 0.5) is 11.4 Å². The molecule has 0 amide bonds. The van der Waals surface area contributed by atoms with Crippen LogP contribution in [0.3, 0.4) is 0 Å². The normalized spacial score (nSPS) is 14.9. The van der Waals surface area contributed by atoms with Gasteiger partial charge in [-0.1, -0.05) is 35.9 Å². The number of benzene rings is 2. The maximum absolute atomic E-state index is 6.24. The molecular formula is C18H21ClN2O. The van der Waals surface area contributed by atoms with Gasteiger partial charge in [0.25, 0.3) is 0 Å². The van der Waals surface area contributed by atoms with Crippen LogP contribution in [0.1, 0.15) is 11.1 Å². The first-order chi connectivity index (χ1) is 10.7. The first kappa shape index (κ1) is 15.2. The van der Waals surface area contributed by atoms with Crippen LogP contribution in [0, 0.1) is 6.92 Å². The summed E-state index contributed by atoms with van der Waals surface area (Å²) >= 11 is 6.24. The Bertz CT molecular complexity index is 639. The van der Waals surface area contributed by atoms with Crippen LogP contribution < -0.4 is 10.2 Å². The van der Waals surface area contributed by atoms with Gasteiger partial charge in [-0.3, -0.25) is 0 Å². The summed E-state index contributed by atoms with van der Waals surface area (Å²) < 4.78 is 5.45. The fourth-order valence-electron chi connectivity index (χ4n) is 2.70. The van der Waals surface area contributed by atoms with Crippen LogP contribution >= 0.6 is 11.6 Å².